The minimum atomic E-state index is -5.66. The van der Waals surface area contributed by atoms with E-state index in [9.17, 15) is 45.5 Å². The molecule has 5 rings (SSSR count). The Kier molecular flexibility index (Phi) is 5.55. The molecule has 2 aromatic heterocycles. The Balaban J connectivity index is 2.08. The van der Waals surface area contributed by atoms with Gasteiger partial charge in [-0.1, -0.05) is 12.1 Å². The summed E-state index contributed by atoms with van der Waals surface area (Å²) >= 11 is 0. The van der Waals surface area contributed by atoms with Gasteiger partial charge >= 0.3 is 12.4 Å². The summed E-state index contributed by atoms with van der Waals surface area (Å²) in [6.07, 6.45) is -11.3. The van der Waals surface area contributed by atoms with Crippen LogP contribution in [0.3, 0.4) is 0 Å². The van der Waals surface area contributed by atoms with Gasteiger partial charge in [0.05, 0.1) is 56.6 Å². The van der Waals surface area contributed by atoms with Gasteiger partial charge < -0.3 is 0 Å². The average Bonchev–Trinajstić information content (AvgIpc) is 3.30. The molecule has 0 spiro atoms. The largest absolute Gasteiger partial charge is 0.418 e. The minimum absolute atomic E-state index is 0.00499. The summed E-state index contributed by atoms with van der Waals surface area (Å²) in [6.45, 7) is 6.96. The smallest absolute Gasteiger partial charge is 0.268 e. The highest BCUT2D eigenvalue weighted by atomic mass is 19.4. The predicted molar refractivity (Wildman–Crippen MR) is 129 cm³/mol. The van der Waals surface area contributed by atoms with Gasteiger partial charge in [0.15, 0.2) is 5.69 Å². The number of aromatic nitrogens is 2. The molecule has 5 aromatic rings. The van der Waals surface area contributed by atoms with E-state index in [2.05, 4.69) is 4.85 Å². The number of hydrogen-bond donors (Lipinski definition) is 0. The van der Waals surface area contributed by atoms with Crippen LogP contribution in [-0.2, 0) is 12.4 Å². The van der Waals surface area contributed by atoms with E-state index in [1.54, 1.807) is 6.07 Å². The first-order valence-electron chi connectivity index (χ1n) is 10.9. The molecule has 0 saturated carbocycles. The Labute approximate surface area is 216 Å². The second-order valence-electron chi connectivity index (χ2n) is 8.42. The van der Waals surface area contributed by atoms with Crippen LogP contribution in [0.15, 0.2) is 67.7 Å². The van der Waals surface area contributed by atoms with Gasteiger partial charge in [-0.3, -0.25) is 19.2 Å². The molecule has 0 bridgehead atoms. The van der Waals surface area contributed by atoms with Crippen LogP contribution in [0.1, 0.15) is 16.7 Å². The van der Waals surface area contributed by atoms with Gasteiger partial charge in [-0.2, -0.15) is 31.6 Å². The third-order valence-electron chi connectivity index (χ3n) is 6.23. The van der Waals surface area contributed by atoms with E-state index in [-0.39, 0.29) is 20.4 Å². The first-order valence-corrected chi connectivity index (χ1v) is 10.9. The van der Waals surface area contributed by atoms with Crippen molar-refractivity contribution in [3.05, 3.63) is 118 Å². The van der Waals surface area contributed by atoms with Gasteiger partial charge in [-0.05, 0) is 36.4 Å². The highest BCUT2D eigenvalue weighted by molar-refractivity contribution is 6.07. The maximum absolute atomic E-state index is 14.5. The number of nitriles is 1. The van der Waals surface area contributed by atoms with Crippen molar-refractivity contribution in [3.63, 3.8) is 0 Å². The lowest BCUT2D eigenvalue weighted by Crippen LogP contribution is -2.25. The van der Waals surface area contributed by atoms with Gasteiger partial charge in [-0.15, -0.1) is 0 Å². The van der Waals surface area contributed by atoms with Gasteiger partial charge in [0, 0.05) is 5.69 Å². The zero-order valence-corrected chi connectivity index (χ0v) is 19.3. The molecular formula is C26H8F6N4O4. The topological polar surface area (TPSA) is 106 Å². The molecule has 0 N–H and O–H groups in total. The number of rotatable bonds is 2. The van der Waals surface area contributed by atoms with Crippen molar-refractivity contribution in [2.75, 3.05) is 0 Å². The Morgan fingerprint density at radius 3 is 1.23 bits per heavy atom. The Hall–Kier alpha value is -5.50. The Morgan fingerprint density at radius 1 is 0.625 bits per heavy atom. The normalized spacial score (nSPS) is 12.1. The molecular weight excluding hydrogens is 546 g/mol. The molecule has 0 radical (unpaired) electrons. The van der Waals surface area contributed by atoms with Crippen LogP contribution < -0.4 is 22.2 Å². The van der Waals surface area contributed by atoms with Crippen LogP contribution in [0, 0.1) is 17.9 Å². The summed E-state index contributed by atoms with van der Waals surface area (Å²) < 4.78 is 86.9. The third kappa shape index (κ3) is 3.61. The minimum Gasteiger partial charge on any atom is -0.268 e. The molecule has 0 aliphatic heterocycles. The number of benzene rings is 3. The molecule has 0 fully saturated rings. The molecule has 0 aliphatic carbocycles. The quantitative estimate of drug-likeness (QED) is 0.238. The van der Waals surface area contributed by atoms with E-state index in [1.807, 2.05) is 0 Å². The van der Waals surface area contributed by atoms with Gasteiger partial charge in [0.1, 0.15) is 0 Å². The number of hydrogen-bond acceptors (Lipinski definition) is 5. The summed E-state index contributed by atoms with van der Waals surface area (Å²) in [7, 11) is 0. The molecule has 0 aliphatic rings. The molecule has 0 amide bonds. The van der Waals surface area contributed by atoms with E-state index in [1.165, 1.54) is 0 Å². The van der Waals surface area contributed by atoms with Crippen molar-refractivity contribution in [2.24, 2.45) is 0 Å². The molecule has 40 heavy (non-hydrogen) atoms. The monoisotopic (exact) mass is 554 g/mol. The van der Waals surface area contributed by atoms with Crippen LogP contribution in [0.2, 0.25) is 0 Å². The van der Waals surface area contributed by atoms with Gasteiger partial charge in [0.2, 0.25) is 0 Å². The maximum atomic E-state index is 14.5. The predicted octanol–water partition coefficient (Wildman–Crippen LogP) is 4.35. The summed E-state index contributed by atoms with van der Waals surface area (Å²) in [6, 6.07) is 9.96. The second kappa shape index (κ2) is 8.51. The number of fused-ring (bicyclic) bond motifs is 2. The highest BCUT2D eigenvalue weighted by Crippen LogP contribution is 2.44. The number of nitrogens with zero attached hydrogens (tertiary/aromatic N) is 4. The molecule has 8 nitrogen and oxygen atoms in total. The molecule has 0 saturated heterocycles. The van der Waals surface area contributed by atoms with Crippen molar-refractivity contribution >= 4 is 27.2 Å². The van der Waals surface area contributed by atoms with E-state index < -0.39 is 78.6 Å². The molecule has 3 aromatic carbocycles. The van der Waals surface area contributed by atoms with E-state index in [0.29, 0.717) is 0 Å². The van der Waals surface area contributed by atoms with Crippen LogP contribution in [0.4, 0.5) is 32.0 Å². The van der Waals surface area contributed by atoms with Crippen molar-refractivity contribution in [3.8, 4) is 17.4 Å². The van der Waals surface area contributed by atoms with Crippen molar-refractivity contribution in [1.82, 2.24) is 9.13 Å². The zero-order chi connectivity index (χ0) is 29.3. The fraction of sp³-hybridized carbons (Fsp3) is 0.0769. The lowest BCUT2D eigenvalue weighted by atomic mass is 9.96. The van der Waals surface area contributed by atoms with Crippen molar-refractivity contribution in [2.45, 2.75) is 12.4 Å². The SMILES string of the molecule is [C-]#[N+]c1ccc(-n2c(=O)c3c(C(F)(F)F)c4c(=O)n(-c5ccc(C#N)cc5)c(=O)c4c(C(F)(F)F)c3c2=O)cc1. The fourth-order valence-corrected chi connectivity index (χ4v) is 4.63. The van der Waals surface area contributed by atoms with Crippen LogP contribution >= 0.6 is 0 Å². The Morgan fingerprint density at radius 2 is 0.950 bits per heavy atom. The summed E-state index contributed by atoms with van der Waals surface area (Å²) in [5.74, 6) is 0. The Bertz CT molecular complexity index is 1930. The molecule has 2 heterocycles. The fourth-order valence-electron chi connectivity index (χ4n) is 4.63. The lowest BCUT2D eigenvalue weighted by Gasteiger charge is -2.13. The standard InChI is InChI=1S/C26H8F6N4O4/c1-34-12-4-8-14(9-5-12)36-23(39)17-18(24(36)40)20(26(30,31)32)16-15(19(17)25(27,28)29)21(37)35(22(16)38)13-6-2-11(10-33)3-7-13/h2-9H. The van der Waals surface area contributed by atoms with Gasteiger partial charge in [0.25, 0.3) is 22.2 Å². The van der Waals surface area contributed by atoms with Crippen LogP contribution in [-0.4, -0.2) is 9.13 Å². The first kappa shape index (κ1) is 26.1. The second-order valence-corrected chi connectivity index (χ2v) is 8.42. The molecule has 14 heteroatoms. The summed E-state index contributed by atoms with van der Waals surface area (Å²) in [5.41, 5.74) is -12.4. The molecule has 0 unspecified atom stereocenters. The third-order valence-corrected chi connectivity index (χ3v) is 6.23. The zero-order valence-electron chi connectivity index (χ0n) is 19.3. The molecule has 0 atom stereocenters. The molecule has 198 valence electrons. The van der Waals surface area contributed by atoms with Crippen LogP contribution in [0.5, 0.6) is 0 Å². The summed E-state index contributed by atoms with van der Waals surface area (Å²) in [5, 5.41) is 2.05. The van der Waals surface area contributed by atoms with E-state index in [4.69, 9.17) is 11.8 Å². The van der Waals surface area contributed by atoms with E-state index in [0.717, 1.165) is 48.5 Å². The lowest BCUT2D eigenvalue weighted by molar-refractivity contribution is -0.137. The van der Waals surface area contributed by atoms with Crippen LogP contribution in [0.25, 0.3) is 37.8 Å². The average molecular weight is 554 g/mol. The van der Waals surface area contributed by atoms with Gasteiger partial charge in [-0.25, -0.2) is 14.0 Å². The maximum Gasteiger partial charge on any atom is 0.418 e. The number of alkyl halides is 6. The van der Waals surface area contributed by atoms with Crippen molar-refractivity contribution < 1.29 is 26.3 Å². The van der Waals surface area contributed by atoms with Crippen molar-refractivity contribution in [1.29, 1.82) is 5.26 Å². The first-order chi connectivity index (χ1) is 18.7. The highest BCUT2D eigenvalue weighted by Gasteiger charge is 2.47. The summed E-state index contributed by atoms with van der Waals surface area (Å²) in [4.78, 5) is 56.1. The van der Waals surface area contributed by atoms with E-state index >= 15 is 0 Å². The number of halogens is 6.